The van der Waals surface area contributed by atoms with Crippen molar-refractivity contribution >= 4 is 11.6 Å². The molecule has 0 bridgehead atoms. The molecule has 1 atom stereocenters. The summed E-state index contributed by atoms with van der Waals surface area (Å²) in [6.07, 6.45) is 0.165. The average molecular weight is 352 g/mol. The summed E-state index contributed by atoms with van der Waals surface area (Å²) in [4.78, 5) is 4.18. The van der Waals surface area contributed by atoms with Crippen LogP contribution >= 0.6 is 11.6 Å². The van der Waals surface area contributed by atoms with Crippen LogP contribution < -0.4 is 4.74 Å². The van der Waals surface area contributed by atoms with Crippen molar-refractivity contribution < 1.29 is 17.9 Å². The van der Waals surface area contributed by atoms with Crippen molar-refractivity contribution in [3.63, 3.8) is 0 Å². The maximum absolute atomic E-state index is 13.6. The third-order valence-electron chi connectivity index (χ3n) is 3.12. The molecule has 0 saturated carbocycles. The van der Waals surface area contributed by atoms with E-state index in [1.165, 1.54) is 31.3 Å². The molecule has 3 aromatic rings. The molecule has 0 radical (unpaired) electrons. The second kappa shape index (κ2) is 6.92. The molecule has 2 aromatic heterocycles. The number of hydrogen-bond donors (Lipinski definition) is 0. The second-order valence-corrected chi connectivity index (χ2v) is 5.40. The molecule has 5 nitrogen and oxygen atoms in total. The predicted octanol–water partition coefficient (Wildman–Crippen LogP) is 4.53. The summed E-state index contributed by atoms with van der Waals surface area (Å²) in [6.45, 7) is 1.39. The zero-order valence-electron chi connectivity index (χ0n) is 12.5. The van der Waals surface area contributed by atoms with Crippen LogP contribution in [-0.4, -0.2) is 15.2 Å². The molecule has 3 rings (SSSR count). The monoisotopic (exact) mass is 351 g/mol. The average Bonchev–Trinajstić information content (AvgIpc) is 3.05. The lowest BCUT2D eigenvalue weighted by Gasteiger charge is -2.07. The Morgan fingerprint density at radius 3 is 2.71 bits per heavy atom. The van der Waals surface area contributed by atoms with Crippen LogP contribution in [-0.2, 0) is 6.61 Å². The van der Waals surface area contributed by atoms with Crippen molar-refractivity contribution in [3.8, 4) is 17.2 Å². The number of halogens is 3. The number of aromatic nitrogens is 3. The number of rotatable bonds is 5. The highest BCUT2D eigenvalue weighted by Gasteiger charge is 2.14. The number of benzene rings is 1. The molecule has 8 heteroatoms. The first kappa shape index (κ1) is 16.3. The maximum Gasteiger partial charge on any atom is 0.250 e. The highest BCUT2D eigenvalue weighted by molar-refractivity contribution is 6.30. The summed E-state index contributed by atoms with van der Waals surface area (Å²) in [5.41, 5.74) is 1.13. The fraction of sp³-hybridized carbons (Fsp3) is 0.188. The van der Waals surface area contributed by atoms with Gasteiger partial charge in [-0.3, -0.25) is 4.98 Å². The van der Waals surface area contributed by atoms with Crippen LogP contribution in [0.15, 0.2) is 40.9 Å². The predicted molar refractivity (Wildman–Crippen MR) is 82.8 cm³/mol. The SMILES string of the molecule is CC(F)c1nnc(-c2ccc(COc3ccc(Cl)cc3F)nc2)o1. The number of alkyl halides is 1. The summed E-state index contributed by atoms with van der Waals surface area (Å²) in [5, 5.41) is 7.67. The van der Waals surface area contributed by atoms with Crippen molar-refractivity contribution in [1.82, 2.24) is 15.2 Å². The van der Waals surface area contributed by atoms with E-state index < -0.39 is 12.0 Å². The van der Waals surface area contributed by atoms with E-state index in [-0.39, 0.29) is 24.1 Å². The Bertz CT molecular complexity index is 838. The number of ether oxygens (including phenoxy) is 1. The van der Waals surface area contributed by atoms with Gasteiger partial charge >= 0.3 is 0 Å². The molecule has 1 aromatic carbocycles. The van der Waals surface area contributed by atoms with Crippen LogP contribution in [0.5, 0.6) is 5.75 Å². The molecule has 24 heavy (non-hydrogen) atoms. The Labute approximate surface area is 141 Å². The molecule has 0 saturated heterocycles. The third kappa shape index (κ3) is 3.68. The van der Waals surface area contributed by atoms with Gasteiger partial charge in [-0.25, -0.2) is 8.78 Å². The maximum atomic E-state index is 13.6. The van der Waals surface area contributed by atoms with Crippen LogP contribution in [0, 0.1) is 5.82 Å². The van der Waals surface area contributed by atoms with Crippen molar-refractivity contribution in [3.05, 3.63) is 59.0 Å². The first-order chi connectivity index (χ1) is 11.5. The largest absolute Gasteiger partial charge is 0.484 e. The molecule has 0 amide bonds. The molecule has 0 spiro atoms. The molecule has 0 aliphatic heterocycles. The fourth-order valence-corrected chi connectivity index (χ4v) is 2.05. The molecule has 0 N–H and O–H groups in total. The van der Waals surface area contributed by atoms with E-state index in [1.807, 2.05) is 0 Å². The van der Waals surface area contributed by atoms with E-state index in [0.717, 1.165) is 0 Å². The zero-order valence-corrected chi connectivity index (χ0v) is 13.3. The van der Waals surface area contributed by atoms with Crippen LogP contribution in [0.1, 0.15) is 24.7 Å². The van der Waals surface area contributed by atoms with Crippen LogP contribution in [0.2, 0.25) is 5.02 Å². The quantitative estimate of drug-likeness (QED) is 0.675. The summed E-state index contributed by atoms with van der Waals surface area (Å²) in [7, 11) is 0. The van der Waals surface area contributed by atoms with Crippen molar-refractivity contribution in [2.24, 2.45) is 0 Å². The highest BCUT2D eigenvalue weighted by atomic mass is 35.5. The van der Waals surface area contributed by atoms with Gasteiger partial charge in [-0.2, -0.15) is 0 Å². The van der Waals surface area contributed by atoms with Gasteiger partial charge in [0.1, 0.15) is 6.61 Å². The molecule has 0 fully saturated rings. The first-order valence-electron chi connectivity index (χ1n) is 7.03. The van der Waals surface area contributed by atoms with Crippen molar-refractivity contribution in [2.75, 3.05) is 0 Å². The van der Waals surface area contributed by atoms with E-state index >= 15 is 0 Å². The second-order valence-electron chi connectivity index (χ2n) is 4.96. The summed E-state index contributed by atoms with van der Waals surface area (Å²) >= 11 is 5.68. The first-order valence-corrected chi connectivity index (χ1v) is 7.41. The number of pyridine rings is 1. The normalized spacial score (nSPS) is 12.2. The van der Waals surface area contributed by atoms with Gasteiger partial charge in [0.2, 0.25) is 5.89 Å². The molecular weight excluding hydrogens is 340 g/mol. The summed E-state index contributed by atoms with van der Waals surface area (Å²) < 4.78 is 37.3. The number of hydrogen-bond acceptors (Lipinski definition) is 5. The highest BCUT2D eigenvalue weighted by Crippen LogP contribution is 2.23. The van der Waals surface area contributed by atoms with E-state index in [0.29, 0.717) is 16.3 Å². The lowest BCUT2D eigenvalue weighted by Crippen LogP contribution is -1.99. The molecule has 0 aliphatic rings. The Balaban J connectivity index is 1.68. The van der Waals surface area contributed by atoms with Gasteiger partial charge in [-0.15, -0.1) is 10.2 Å². The Hall–Kier alpha value is -2.54. The minimum atomic E-state index is -1.33. The summed E-state index contributed by atoms with van der Waals surface area (Å²) in [6, 6.07) is 7.52. The van der Waals surface area contributed by atoms with Gasteiger partial charge in [0.25, 0.3) is 5.89 Å². The van der Waals surface area contributed by atoms with Gasteiger partial charge in [0.05, 0.1) is 11.3 Å². The molecule has 0 aliphatic carbocycles. The minimum absolute atomic E-state index is 0.0788. The molecule has 2 heterocycles. The standard InChI is InChI=1S/C16H12ClF2N3O2/c1-9(18)15-21-22-16(24-15)10-2-4-12(20-7-10)8-23-14-5-3-11(17)6-13(14)19/h2-7,9H,8H2,1H3. The van der Waals surface area contributed by atoms with Gasteiger partial charge < -0.3 is 9.15 Å². The smallest absolute Gasteiger partial charge is 0.250 e. The van der Waals surface area contributed by atoms with Crippen molar-refractivity contribution in [1.29, 1.82) is 0 Å². The van der Waals surface area contributed by atoms with E-state index in [9.17, 15) is 8.78 Å². The zero-order chi connectivity index (χ0) is 17.1. The van der Waals surface area contributed by atoms with Crippen LogP contribution in [0.4, 0.5) is 8.78 Å². The van der Waals surface area contributed by atoms with Gasteiger partial charge in [-0.05, 0) is 37.3 Å². The Kier molecular flexibility index (Phi) is 4.71. The molecular formula is C16H12ClF2N3O2. The van der Waals surface area contributed by atoms with Gasteiger partial charge in [0.15, 0.2) is 17.7 Å². The summed E-state index contributed by atoms with van der Waals surface area (Å²) in [5.74, 6) is -0.365. The minimum Gasteiger partial charge on any atom is -0.484 e. The van der Waals surface area contributed by atoms with E-state index in [4.69, 9.17) is 20.8 Å². The van der Waals surface area contributed by atoms with E-state index in [2.05, 4.69) is 15.2 Å². The molecule has 124 valence electrons. The van der Waals surface area contributed by atoms with E-state index in [1.54, 1.807) is 12.1 Å². The topological polar surface area (TPSA) is 61.0 Å². The fourth-order valence-electron chi connectivity index (χ4n) is 1.89. The Morgan fingerprint density at radius 2 is 2.08 bits per heavy atom. The third-order valence-corrected chi connectivity index (χ3v) is 3.36. The lowest BCUT2D eigenvalue weighted by atomic mass is 10.2. The van der Waals surface area contributed by atoms with Gasteiger partial charge in [-0.1, -0.05) is 11.6 Å². The molecule has 1 unspecified atom stereocenters. The van der Waals surface area contributed by atoms with Crippen LogP contribution in [0.25, 0.3) is 11.5 Å². The van der Waals surface area contributed by atoms with Crippen molar-refractivity contribution in [2.45, 2.75) is 19.7 Å². The van der Waals surface area contributed by atoms with Gasteiger partial charge in [0, 0.05) is 11.2 Å². The lowest BCUT2D eigenvalue weighted by molar-refractivity contribution is 0.286. The van der Waals surface area contributed by atoms with Crippen LogP contribution in [0.3, 0.4) is 0 Å². The Morgan fingerprint density at radius 1 is 1.25 bits per heavy atom. The number of nitrogens with zero attached hydrogens (tertiary/aromatic N) is 3.